The Hall–Kier alpha value is -4.55. The number of rotatable bonds is 4. The Bertz CT molecular complexity index is 1560. The van der Waals surface area contributed by atoms with Crippen LogP contribution in [0.1, 0.15) is 22.3 Å². The molecule has 0 aliphatic rings. The molecule has 0 unspecified atom stereocenters. The molecule has 1 heterocycles. The highest BCUT2D eigenvalue weighted by atomic mass is 16.5. The molecule has 0 radical (unpaired) electrons. The van der Waals surface area contributed by atoms with Gasteiger partial charge < -0.3 is 9.15 Å². The van der Waals surface area contributed by atoms with Gasteiger partial charge in [0, 0.05) is 22.1 Å². The van der Waals surface area contributed by atoms with Crippen molar-refractivity contribution < 1.29 is 9.15 Å². The predicted molar refractivity (Wildman–Crippen MR) is 136 cm³/mol. The number of hydrogen-bond acceptors (Lipinski definition) is 3. The van der Waals surface area contributed by atoms with E-state index in [4.69, 9.17) is 9.15 Å². The van der Waals surface area contributed by atoms with E-state index in [9.17, 15) is 4.79 Å². The molecule has 0 saturated carbocycles. The third kappa shape index (κ3) is 4.35. The molecule has 0 aliphatic heterocycles. The van der Waals surface area contributed by atoms with Crippen molar-refractivity contribution in [1.82, 2.24) is 0 Å². The maximum atomic E-state index is 13.2. The maximum Gasteiger partial charge on any atom is 0.352 e. The van der Waals surface area contributed by atoms with Crippen LogP contribution in [0.5, 0.6) is 5.75 Å². The zero-order chi connectivity index (χ0) is 23.3. The second-order valence-corrected chi connectivity index (χ2v) is 7.96. The Labute approximate surface area is 198 Å². The van der Waals surface area contributed by atoms with Crippen LogP contribution in [0.2, 0.25) is 0 Å². The Morgan fingerprint density at radius 2 is 1.41 bits per heavy atom. The molecular formula is C31H22O3. The Kier molecular flexibility index (Phi) is 5.97. The van der Waals surface area contributed by atoms with Crippen LogP contribution < -0.4 is 10.4 Å². The van der Waals surface area contributed by atoms with Crippen LogP contribution in [0.3, 0.4) is 0 Å². The van der Waals surface area contributed by atoms with Crippen LogP contribution in [-0.4, -0.2) is 0 Å². The van der Waals surface area contributed by atoms with Gasteiger partial charge in [0.2, 0.25) is 0 Å². The van der Waals surface area contributed by atoms with Crippen molar-refractivity contribution in [2.24, 2.45) is 0 Å². The number of aryl methyl sites for hydroxylation is 1. The van der Waals surface area contributed by atoms with Gasteiger partial charge in [-0.05, 0) is 42.3 Å². The molecule has 0 bridgehead atoms. The van der Waals surface area contributed by atoms with Crippen molar-refractivity contribution >= 4 is 11.0 Å². The summed E-state index contributed by atoms with van der Waals surface area (Å²) in [5.74, 6) is 6.87. The molecular weight excluding hydrogens is 420 g/mol. The van der Waals surface area contributed by atoms with Crippen molar-refractivity contribution in [2.45, 2.75) is 13.5 Å². The van der Waals surface area contributed by atoms with Crippen LogP contribution in [0, 0.1) is 18.8 Å². The minimum absolute atomic E-state index is 0.347. The normalized spacial score (nSPS) is 10.5. The standard InChI is InChI=1S/C31H22O3/c1-22-28(33-21-24-13-7-3-8-14-24)20-19-26-29(25-15-9-4-10-16-25)27(31(32)34-30(22)26)18-17-23-11-5-2-6-12-23/h2-16,19-20H,21H2,1H3. The zero-order valence-corrected chi connectivity index (χ0v) is 18.7. The molecule has 0 spiro atoms. The van der Waals surface area contributed by atoms with Gasteiger partial charge in [-0.15, -0.1) is 0 Å². The SMILES string of the molecule is Cc1c(OCc2ccccc2)ccc2c(-c3ccccc3)c(C#Cc3ccccc3)c(=O)oc12. The van der Waals surface area contributed by atoms with Crippen molar-refractivity contribution in [1.29, 1.82) is 0 Å². The number of ether oxygens (including phenoxy) is 1. The van der Waals surface area contributed by atoms with Gasteiger partial charge in [0.25, 0.3) is 0 Å². The number of benzene rings is 4. The summed E-state index contributed by atoms with van der Waals surface area (Å²) < 4.78 is 11.9. The molecule has 164 valence electrons. The molecule has 0 N–H and O–H groups in total. The highest BCUT2D eigenvalue weighted by Crippen LogP contribution is 2.35. The average Bonchev–Trinajstić information content (AvgIpc) is 2.89. The first-order valence-electron chi connectivity index (χ1n) is 11.1. The summed E-state index contributed by atoms with van der Waals surface area (Å²) >= 11 is 0. The molecule has 34 heavy (non-hydrogen) atoms. The average molecular weight is 443 g/mol. The minimum Gasteiger partial charge on any atom is -0.488 e. The van der Waals surface area contributed by atoms with Crippen LogP contribution in [0.4, 0.5) is 0 Å². The first-order chi connectivity index (χ1) is 16.7. The molecule has 4 aromatic carbocycles. The second-order valence-electron chi connectivity index (χ2n) is 7.96. The highest BCUT2D eigenvalue weighted by Gasteiger charge is 2.18. The Morgan fingerprint density at radius 3 is 2.12 bits per heavy atom. The van der Waals surface area contributed by atoms with Crippen LogP contribution in [0.15, 0.2) is 112 Å². The van der Waals surface area contributed by atoms with Gasteiger partial charge in [-0.1, -0.05) is 90.7 Å². The highest BCUT2D eigenvalue weighted by molar-refractivity contribution is 5.98. The largest absolute Gasteiger partial charge is 0.488 e. The fourth-order valence-electron chi connectivity index (χ4n) is 3.95. The number of fused-ring (bicyclic) bond motifs is 1. The van der Waals surface area contributed by atoms with Crippen LogP contribution in [0.25, 0.3) is 22.1 Å². The quantitative estimate of drug-likeness (QED) is 0.228. The molecule has 3 nitrogen and oxygen atoms in total. The van der Waals surface area contributed by atoms with Crippen LogP contribution >= 0.6 is 0 Å². The fourth-order valence-corrected chi connectivity index (χ4v) is 3.95. The summed E-state index contributed by atoms with van der Waals surface area (Å²) in [6.45, 7) is 2.35. The lowest BCUT2D eigenvalue weighted by Crippen LogP contribution is -2.08. The fraction of sp³-hybridized carbons (Fsp3) is 0.0645. The summed E-state index contributed by atoms with van der Waals surface area (Å²) in [4.78, 5) is 13.2. The third-order valence-electron chi connectivity index (χ3n) is 5.68. The van der Waals surface area contributed by atoms with E-state index in [-0.39, 0.29) is 0 Å². The van der Waals surface area contributed by atoms with Gasteiger partial charge >= 0.3 is 5.63 Å². The van der Waals surface area contributed by atoms with Gasteiger partial charge in [0.1, 0.15) is 23.5 Å². The predicted octanol–water partition coefficient (Wildman–Crippen LogP) is 6.75. The molecule has 0 amide bonds. The first-order valence-corrected chi connectivity index (χ1v) is 11.1. The van der Waals surface area contributed by atoms with E-state index in [1.165, 1.54) is 0 Å². The van der Waals surface area contributed by atoms with Gasteiger partial charge in [0.15, 0.2) is 0 Å². The van der Waals surface area contributed by atoms with Crippen molar-refractivity contribution in [3.8, 4) is 28.7 Å². The maximum absolute atomic E-state index is 13.2. The Balaban J connectivity index is 1.65. The van der Waals surface area contributed by atoms with Crippen molar-refractivity contribution in [3.05, 3.63) is 136 Å². The monoisotopic (exact) mass is 442 g/mol. The topological polar surface area (TPSA) is 39.4 Å². The smallest absolute Gasteiger partial charge is 0.352 e. The lowest BCUT2D eigenvalue weighted by atomic mass is 9.95. The van der Waals surface area contributed by atoms with E-state index in [1.54, 1.807) is 0 Å². The summed E-state index contributed by atoms with van der Waals surface area (Å²) in [5, 5.41) is 0.827. The number of hydrogen-bond donors (Lipinski definition) is 0. The third-order valence-corrected chi connectivity index (χ3v) is 5.68. The molecule has 3 heteroatoms. The minimum atomic E-state index is -0.460. The van der Waals surface area contributed by atoms with E-state index >= 15 is 0 Å². The van der Waals surface area contributed by atoms with Crippen LogP contribution in [-0.2, 0) is 6.61 Å². The van der Waals surface area contributed by atoms with Crippen molar-refractivity contribution in [3.63, 3.8) is 0 Å². The van der Waals surface area contributed by atoms with E-state index in [1.807, 2.05) is 110 Å². The van der Waals surface area contributed by atoms with Gasteiger partial charge in [-0.25, -0.2) is 4.79 Å². The first kappa shape index (κ1) is 21.3. The second kappa shape index (κ2) is 9.52. The summed E-state index contributed by atoms with van der Waals surface area (Å²) in [5.41, 5.74) is 4.77. The molecule has 5 rings (SSSR count). The van der Waals surface area contributed by atoms with Gasteiger partial charge in [-0.2, -0.15) is 0 Å². The molecule has 0 atom stereocenters. The van der Waals surface area contributed by atoms with E-state index in [0.29, 0.717) is 23.5 Å². The van der Waals surface area contributed by atoms with E-state index in [2.05, 4.69) is 11.8 Å². The summed E-state index contributed by atoms with van der Waals surface area (Å²) in [6, 6.07) is 33.3. The zero-order valence-electron chi connectivity index (χ0n) is 18.7. The molecule has 1 aromatic heterocycles. The van der Waals surface area contributed by atoms with E-state index < -0.39 is 5.63 Å². The lowest BCUT2D eigenvalue weighted by Gasteiger charge is -2.14. The summed E-state index contributed by atoms with van der Waals surface area (Å²) in [6.07, 6.45) is 0. The van der Waals surface area contributed by atoms with Gasteiger partial charge in [0.05, 0.1) is 0 Å². The van der Waals surface area contributed by atoms with Crippen molar-refractivity contribution in [2.75, 3.05) is 0 Å². The Morgan fingerprint density at radius 1 is 0.765 bits per heavy atom. The lowest BCUT2D eigenvalue weighted by molar-refractivity contribution is 0.304. The molecule has 0 fully saturated rings. The summed E-state index contributed by atoms with van der Waals surface area (Å²) in [7, 11) is 0. The molecule has 0 aliphatic carbocycles. The molecule has 5 aromatic rings. The van der Waals surface area contributed by atoms with E-state index in [0.717, 1.165) is 33.2 Å². The van der Waals surface area contributed by atoms with Gasteiger partial charge in [-0.3, -0.25) is 0 Å². The molecule has 0 saturated heterocycles.